The molecule has 0 aliphatic carbocycles. The van der Waals surface area contributed by atoms with Crippen molar-refractivity contribution in [3.63, 3.8) is 0 Å². The maximum Gasteiger partial charge on any atom is 0.215 e. The van der Waals surface area contributed by atoms with E-state index in [1.807, 2.05) is 6.07 Å². The fourth-order valence-electron chi connectivity index (χ4n) is 1.52. The van der Waals surface area contributed by atoms with E-state index in [4.69, 9.17) is 5.26 Å². The summed E-state index contributed by atoms with van der Waals surface area (Å²) < 4.78 is 50.1. The van der Waals surface area contributed by atoms with Crippen LogP contribution in [0.25, 0.3) is 0 Å². The van der Waals surface area contributed by atoms with Crippen LogP contribution in [0.2, 0.25) is 0 Å². The van der Waals surface area contributed by atoms with Gasteiger partial charge >= 0.3 is 0 Å². The summed E-state index contributed by atoms with van der Waals surface area (Å²) in [5, 5.41) is 8.91. The molecule has 0 atom stereocenters. The Labute approximate surface area is 125 Å². The lowest BCUT2D eigenvalue weighted by atomic mass is 10.1. The third-order valence-electron chi connectivity index (χ3n) is 2.72. The standard InChI is InChI=1S/C12H17N3O4S2/c1-15(2)21(18,19)8-7-14-20(16,17)10-12-6-4-3-5-11(12)9-13/h3-6,14H,7-8,10H2,1-2H3. The summed E-state index contributed by atoms with van der Waals surface area (Å²) in [6.45, 7) is -0.211. The van der Waals surface area contributed by atoms with Gasteiger partial charge in [-0.1, -0.05) is 18.2 Å². The topological polar surface area (TPSA) is 107 Å². The highest BCUT2D eigenvalue weighted by Crippen LogP contribution is 2.10. The first-order valence-corrected chi connectivity index (χ1v) is 9.29. The Hall–Kier alpha value is -1.47. The van der Waals surface area contributed by atoms with Crippen LogP contribution < -0.4 is 4.72 Å². The summed E-state index contributed by atoms with van der Waals surface area (Å²) in [6, 6.07) is 8.28. The predicted octanol–water partition coefficient (Wildman–Crippen LogP) is -0.131. The third-order valence-corrected chi connectivity index (χ3v) is 5.89. The van der Waals surface area contributed by atoms with Gasteiger partial charge in [-0.2, -0.15) is 5.26 Å². The second-order valence-electron chi connectivity index (χ2n) is 4.52. The molecular weight excluding hydrogens is 314 g/mol. The lowest BCUT2D eigenvalue weighted by Crippen LogP contribution is -2.34. The van der Waals surface area contributed by atoms with Crippen molar-refractivity contribution in [3.8, 4) is 6.07 Å². The highest BCUT2D eigenvalue weighted by molar-refractivity contribution is 7.89. The maximum absolute atomic E-state index is 11.9. The summed E-state index contributed by atoms with van der Waals surface area (Å²) in [7, 11) is -4.39. The minimum Gasteiger partial charge on any atom is -0.214 e. The molecule has 1 aromatic rings. The zero-order valence-corrected chi connectivity index (χ0v) is 13.4. The van der Waals surface area contributed by atoms with Crippen LogP contribution in [-0.2, 0) is 25.8 Å². The van der Waals surface area contributed by atoms with Gasteiger partial charge in [-0.25, -0.2) is 25.9 Å². The van der Waals surface area contributed by atoms with E-state index in [1.165, 1.54) is 20.2 Å². The second kappa shape index (κ2) is 7.00. The van der Waals surface area contributed by atoms with Crippen molar-refractivity contribution < 1.29 is 16.8 Å². The molecule has 116 valence electrons. The summed E-state index contributed by atoms with van der Waals surface area (Å²) in [6.07, 6.45) is 0. The molecular formula is C12H17N3O4S2. The molecule has 0 aromatic heterocycles. The first kappa shape index (κ1) is 17.6. The number of rotatable bonds is 7. The molecule has 9 heteroatoms. The molecule has 1 aromatic carbocycles. The number of nitrogens with one attached hydrogen (secondary N) is 1. The Bertz CT molecular complexity index is 734. The molecule has 1 rings (SSSR count). The van der Waals surface area contributed by atoms with Crippen LogP contribution in [0.3, 0.4) is 0 Å². The Morgan fingerprint density at radius 2 is 1.81 bits per heavy atom. The molecule has 0 bridgehead atoms. The molecule has 21 heavy (non-hydrogen) atoms. The van der Waals surface area contributed by atoms with Crippen LogP contribution in [0.1, 0.15) is 11.1 Å². The minimum atomic E-state index is -3.70. The Morgan fingerprint density at radius 1 is 1.19 bits per heavy atom. The lowest BCUT2D eigenvalue weighted by molar-refractivity contribution is 0.519. The molecule has 0 fully saturated rings. The summed E-state index contributed by atoms with van der Waals surface area (Å²) in [5.74, 6) is -0.683. The SMILES string of the molecule is CN(C)S(=O)(=O)CCNS(=O)(=O)Cc1ccccc1C#N. The van der Waals surface area contributed by atoms with Crippen molar-refractivity contribution in [3.05, 3.63) is 35.4 Å². The Kier molecular flexibility index (Phi) is 5.86. The van der Waals surface area contributed by atoms with Gasteiger partial charge in [0, 0.05) is 20.6 Å². The van der Waals surface area contributed by atoms with Crippen molar-refractivity contribution >= 4 is 20.0 Å². The maximum atomic E-state index is 11.9. The first-order chi connectivity index (χ1) is 9.68. The Morgan fingerprint density at radius 3 is 2.38 bits per heavy atom. The molecule has 0 saturated carbocycles. The summed E-state index contributed by atoms with van der Waals surface area (Å²) in [4.78, 5) is 0. The van der Waals surface area contributed by atoms with Crippen LogP contribution >= 0.6 is 0 Å². The summed E-state index contributed by atoms with van der Waals surface area (Å²) in [5.41, 5.74) is 0.659. The van der Waals surface area contributed by atoms with E-state index in [2.05, 4.69) is 4.72 Å². The number of hydrogen-bond donors (Lipinski definition) is 1. The third kappa shape index (κ3) is 5.43. The van der Waals surface area contributed by atoms with Crippen LogP contribution in [0, 0.1) is 11.3 Å². The van der Waals surface area contributed by atoms with Gasteiger partial charge in [0.1, 0.15) is 0 Å². The van der Waals surface area contributed by atoms with Gasteiger partial charge in [0.15, 0.2) is 0 Å². The zero-order valence-electron chi connectivity index (χ0n) is 11.8. The van der Waals surface area contributed by atoms with Crippen LogP contribution in [0.15, 0.2) is 24.3 Å². The van der Waals surface area contributed by atoms with Crippen molar-refractivity contribution in [2.45, 2.75) is 5.75 Å². The average Bonchev–Trinajstić information content (AvgIpc) is 2.38. The normalized spacial score (nSPS) is 12.3. The van der Waals surface area contributed by atoms with E-state index >= 15 is 0 Å². The highest BCUT2D eigenvalue weighted by Gasteiger charge is 2.17. The first-order valence-electron chi connectivity index (χ1n) is 6.03. The van der Waals surface area contributed by atoms with Crippen LogP contribution in [0.5, 0.6) is 0 Å². The molecule has 0 spiro atoms. The molecule has 0 radical (unpaired) electrons. The van der Waals surface area contributed by atoms with Crippen molar-refractivity contribution in [1.82, 2.24) is 9.03 Å². The molecule has 0 heterocycles. The van der Waals surface area contributed by atoms with Gasteiger partial charge in [0.2, 0.25) is 20.0 Å². The highest BCUT2D eigenvalue weighted by atomic mass is 32.2. The van der Waals surface area contributed by atoms with Gasteiger partial charge in [-0.3, -0.25) is 0 Å². The van der Waals surface area contributed by atoms with Gasteiger partial charge in [0.05, 0.1) is 23.1 Å². The van der Waals surface area contributed by atoms with Crippen molar-refractivity contribution in [2.24, 2.45) is 0 Å². The minimum absolute atomic E-state index is 0.211. The van der Waals surface area contributed by atoms with Gasteiger partial charge in [0.25, 0.3) is 0 Å². The van der Waals surface area contributed by atoms with Crippen molar-refractivity contribution in [2.75, 3.05) is 26.4 Å². The average molecular weight is 331 g/mol. The van der Waals surface area contributed by atoms with Gasteiger partial charge in [-0.15, -0.1) is 0 Å². The van der Waals surface area contributed by atoms with Gasteiger partial charge < -0.3 is 0 Å². The number of sulfonamides is 2. The molecule has 0 amide bonds. The van der Waals surface area contributed by atoms with E-state index in [0.717, 1.165) is 4.31 Å². The molecule has 1 N–H and O–H groups in total. The number of nitriles is 1. The molecule has 0 aliphatic rings. The van der Waals surface area contributed by atoms with Crippen LogP contribution in [0.4, 0.5) is 0 Å². The molecule has 0 unspecified atom stereocenters. The molecule has 7 nitrogen and oxygen atoms in total. The quantitative estimate of drug-likeness (QED) is 0.749. The second-order valence-corrected chi connectivity index (χ2v) is 8.63. The number of hydrogen-bond acceptors (Lipinski definition) is 5. The van der Waals surface area contributed by atoms with Crippen molar-refractivity contribution in [1.29, 1.82) is 5.26 Å². The van der Waals surface area contributed by atoms with E-state index < -0.39 is 20.0 Å². The van der Waals surface area contributed by atoms with E-state index in [1.54, 1.807) is 18.2 Å². The van der Waals surface area contributed by atoms with E-state index in [9.17, 15) is 16.8 Å². The molecule has 0 saturated heterocycles. The number of nitrogens with zero attached hydrogens (tertiary/aromatic N) is 2. The fourth-order valence-corrected chi connectivity index (χ4v) is 3.55. The largest absolute Gasteiger partial charge is 0.215 e. The van der Waals surface area contributed by atoms with E-state index in [0.29, 0.717) is 5.56 Å². The number of benzene rings is 1. The van der Waals surface area contributed by atoms with Gasteiger partial charge in [-0.05, 0) is 11.6 Å². The monoisotopic (exact) mass is 331 g/mol. The smallest absolute Gasteiger partial charge is 0.214 e. The Balaban J connectivity index is 2.70. The zero-order chi connectivity index (χ0) is 16.1. The predicted molar refractivity (Wildman–Crippen MR) is 79.3 cm³/mol. The summed E-state index contributed by atoms with van der Waals surface area (Å²) >= 11 is 0. The fraction of sp³-hybridized carbons (Fsp3) is 0.417. The lowest BCUT2D eigenvalue weighted by Gasteiger charge is -2.12. The molecule has 0 aliphatic heterocycles. The van der Waals surface area contributed by atoms with E-state index in [-0.39, 0.29) is 23.6 Å². The van der Waals surface area contributed by atoms with Crippen LogP contribution in [-0.4, -0.2) is 47.5 Å².